The number of anilines is 2. The van der Waals surface area contributed by atoms with E-state index in [1.807, 2.05) is 19.9 Å². The molecule has 0 bridgehead atoms. The molecule has 1 rings (SSSR count). The smallest absolute Gasteiger partial charge is 0.0656 e. The van der Waals surface area contributed by atoms with Crippen molar-refractivity contribution in [2.75, 3.05) is 29.1 Å². The van der Waals surface area contributed by atoms with Crippen molar-refractivity contribution >= 4 is 33.8 Å². The summed E-state index contributed by atoms with van der Waals surface area (Å²) in [6.45, 7) is 4.56. The van der Waals surface area contributed by atoms with E-state index in [2.05, 4.69) is 5.32 Å². The zero-order valence-corrected chi connectivity index (χ0v) is 11.1. The number of hydrogen-bond acceptors (Lipinski definition) is 3. The Morgan fingerprint density at radius 2 is 2.19 bits per heavy atom. The zero-order valence-electron chi connectivity index (χ0n) is 9.55. The van der Waals surface area contributed by atoms with Crippen molar-refractivity contribution in [1.29, 1.82) is 0 Å². The molecule has 0 aliphatic carbocycles. The highest BCUT2D eigenvalue weighted by atomic mass is 35.5. The molecule has 0 saturated carbocycles. The number of benzene rings is 1. The van der Waals surface area contributed by atoms with Gasteiger partial charge in [0.1, 0.15) is 0 Å². The Morgan fingerprint density at radius 1 is 1.50 bits per heavy atom. The number of halogens is 1. The van der Waals surface area contributed by atoms with Crippen molar-refractivity contribution in [1.82, 2.24) is 0 Å². The molecule has 0 spiro atoms. The lowest BCUT2D eigenvalue weighted by molar-refractivity contribution is 0.684. The fraction of sp³-hybridized carbons (Fsp3) is 0.455. The molecule has 0 amide bonds. The van der Waals surface area contributed by atoms with E-state index in [1.165, 1.54) is 0 Å². The van der Waals surface area contributed by atoms with Crippen molar-refractivity contribution in [3.8, 4) is 0 Å². The van der Waals surface area contributed by atoms with Gasteiger partial charge in [0.05, 0.1) is 10.7 Å². The molecular formula is C11H17ClN2OS. The number of rotatable bonds is 5. The summed E-state index contributed by atoms with van der Waals surface area (Å²) in [5.41, 5.74) is 8.26. The quantitative estimate of drug-likeness (QED) is 0.800. The number of nitrogen functional groups attached to an aromatic ring is 1. The molecule has 3 N–H and O–H groups in total. The van der Waals surface area contributed by atoms with Gasteiger partial charge in [0.2, 0.25) is 0 Å². The summed E-state index contributed by atoms with van der Waals surface area (Å²) in [5.74, 6) is 1.35. The lowest BCUT2D eigenvalue weighted by Crippen LogP contribution is -2.12. The molecule has 0 aromatic heterocycles. The second kappa shape index (κ2) is 6.11. The van der Waals surface area contributed by atoms with E-state index in [1.54, 1.807) is 6.07 Å². The number of hydrogen-bond donors (Lipinski definition) is 2. The summed E-state index contributed by atoms with van der Waals surface area (Å²) in [4.78, 5) is 0. The molecule has 16 heavy (non-hydrogen) atoms. The van der Waals surface area contributed by atoms with Gasteiger partial charge in [-0.2, -0.15) is 0 Å². The topological polar surface area (TPSA) is 55.1 Å². The molecule has 90 valence electrons. The number of nitrogens with two attached hydrogens (primary N) is 1. The molecule has 0 heterocycles. The summed E-state index contributed by atoms with van der Waals surface area (Å²) < 4.78 is 11.2. The van der Waals surface area contributed by atoms with Gasteiger partial charge in [-0.15, -0.1) is 0 Å². The molecule has 1 atom stereocenters. The molecule has 0 aliphatic heterocycles. The van der Waals surface area contributed by atoms with Crippen LogP contribution in [0, 0.1) is 6.92 Å². The minimum absolute atomic E-state index is 0.546. The summed E-state index contributed by atoms with van der Waals surface area (Å²) in [6, 6.07) is 3.64. The minimum atomic E-state index is -0.737. The van der Waals surface area contributed by atoms with Crippen LogP contribution in [0.1, 0.15) is 12.5 Å². The van der Waals surface area contributed by atoms with Crippen LogP contribution in [0.3, 0.4) is 0 Å². The first kappa shape index (κ1) is 13.3. The normalized spacial score (nSPS) is 12.4. The molecular weight excluding hydrogens is 244 g/mol. The van der Waals surface area contributed by atoms with Gasteiger partial charge in [-0.05, 0) is 24.6 Å². The van der Waals surface area contributed by atoms with Crippen LogP contribution in [-0.4, -0.2) is 22.3 Å². The first-order chi connectivity index (χ1) is 7.54. The highest BCUT2D eigenvalue weighted by molar-refractivity contribution is 7.84. The third-order valence-corrected chi connectivity index (χ3v) is 3.94. The maximum atomic E-state index is 11.2. The van der Waals surface area contributed by atoms with Crippen LogP contribution in [0.2, 0.25) is 5.02 Å². The Morgan fingerprint density at radius 3 is 2.81 bits per heavy atom. The van der Waals surface area contributed by atoms with E-state index < -0.39 is 10.8 Å². The van der Waals surface area contributed by atoms with Gasteiger partial charge in [-0.3, -0.25) is 4.21 Å². The maximum Gasteiger partial charge on any atom is 0.0656 e. The fourth-order valence-corrected chi connectivity index (χ4v) is 2.12. The molecule has 1 aromatic rings. The van der Waals surface area contributed by atoms with Crippen molar-refractivity contribution in [2.45, 2.75) is 13.8 Å². The van der Waals surface area contributed by atoms with Crippen LogP contribution >= 0.6 is 11.6 Å². The Balaban J connectivity index is 2.60. The highest BCUT2D eigenvalue weighted by Gasteiger charge is 2.03. The van der Waals surface area contributed by atoms with Crippen LogP contribution in [0.5, 0.6) is 0 Å². The lowest BCUT2D eigenvalue weighted by Gasteiger charge is -2.11. The summed E-state index contributed by atoms with van der Waals surface area (Å²) in [6.07, 6.45) is 0. The third kappa shape index (κ3) is 3.68. The largest absolute Gasteiger partial charge is 0.398 e. The molecule has 0 aliphatic rings. The van der Waals surface area contributed by atoms with E-state index in [0.717, 1.165) is 11.3 Å². The second-order valence-corrected chi connectivity index (χ2v) is 5.82. The molecule has 0 fully saturated rings. The monoisotopic (exact) mass is 260 g/mol. The van der Waals surface area contributed by atoms with Gasteiger partial charge in [0.25, 0.3) is 0 Å². The average Bonchev–Trinajstić information content (AvgIpc) is 2.25. The van der Waals surface area contributed by atoms with Gasteiger partial charge in [-0.25, -0.2) is 0 Å². The fourth-order valence-electron chi connectivity index (χ4n) is 1.34. The van der Waals surface area contributed by atoms with Crippen LogP contribution < -0.4 is 11.1 Å². The van der Waals surface area contributed by atoms with Crippen molar-refractivity contribution in [2.24, 2.45) is 0 Å². The summed E-state index contributed by atoms with van der Waals surface area (Å²) >= 11 is 5.93. The van der Waals surface area contributed by atoms with Crippen LogP contribution in [0.15, 0.2) is 12.1 Å². The molecule has 0 saturated heterocycles. The van der Waals surface area contributed by atoms with E-state index in [-0.39, 0.29) is 0 Å². The van der Waals surface area contributed by atoms with Crippen molar-refractivity contribution in [3.63, 3.8) is 0 Å². The van der Waals surface area contributed by atoms with Crippen molar-refractivity contribution in [3.05, 3.63) is 22.7 Å². The van der Waals surface area contributed by atoms with E-state index in [9.17, 15) is 4.21 Å². The molecule has 0 radical (unpaired) electrons. The Kier molecular flexibility index (Phi) is 5.09. The van der Waals surface area contributed by atoms with Gasteiger partial charge in [0.15, 0.2) is 0 Å². The lowest BCUT2D eigenvalue weighted by atomic mass is 10.2. The van der Waals surface area contributed by atoms with Gasteiger partial charge >= 0.3 is 0 Å². The summed E-state index contributed by atoms with van der Waals surface area (Å²) in [5, 5.41) is 3.76. The summed E-state index contributed by atoms with van der Waals surface area (Å²) in [7, 11) is -0.737. The van der Waals surface area contributed by atoms with Crippen LogP contribution in [0.25, 0.3) is 0 Å². The number of aryl methyl sites for hydroxylation is 1. The Bertz CT molecular complexity index is 396. The third-order valence-electron chi connectivity index (χ3n) is 2.31. The minimum Gasteiger partial charge on any atom is -0.398 e. The highest BCUT2D eigenvalue weighted by Crippen LogP contribution is 2.26. The Labute approximate surface area is 104 Å². The molecule has 5 heteroatoms. The van der Waals surface area contributed by atoms with Crippen LogP contribution in [-0.2, 0) is 10.8 Å². The molecule has 1 unspecified atom stereocenters. The molecule has 1 aromatic carbocycles. The standard InChI is InChI=1S/C11H17ClN2OS/c1-3-16(15)5-4-14-11-7-9(12)10(13)6-8(11)2/h6-7,14H,3-5,13H2,1-2H3. The molecule has 3 nitrogen and oxygen atoms in total. The van der Waals surface area contributed by atoms with E-state index in [0.29, 0.717) is 28.8 Å². The first-order valence-electron chi connectivity index (χ1n) is 5.19. The average molecular weight is 261 g/mol. The first-order valence-corrected chi connectivity index (χ1v) is 7.05. The zero-order chi connectivity index (χ0) is 12.1. The van der Waals surface area contributed by atoms with Gasteiger partial charge in [-0.1, -0.05) is 18.5 Å². The SMILES string of the molecule is CCS(=O)CCNc1cc(Cl)c(N)cc1C. The van der Waals surface area contributed by atoms with E-state index in [4.69, 9.17) is 17.3 Å². The maximum absolute atomic E-state index is 11.2. The predicted octanol–water partition coefficient (Wildman–Crippen LogP) is 2.41. The second-order valence-electron chi connectivity index (χ2n) is 3.55. The van der Waals surface area contributed by atoms with Crippen molar-refractivity contribution < 1.29 is 4.21 Å². The van der Waals surface area contributed by atoms with Gasteiger partial charge < -0.3 is 11.1 Å². The Hall–Kier alpha value is -0.740. The van der Waals surface area contributed by atoms with E-state index >= 15 is 0 Å². The number of nitrogens with one attached hydrogen (secondary N) is 1. The van der Waals surface area contributed by atoms with Crippen LogP contribution in [0.4, 0.5) is 11.4 Å². The van der Waals surface area contributed by atoms with Gasteiger partial charge in [0, 0.05) is 34.5 Å². The predicted molar refractivity (Wildman–Crippen MR) is 72.6 cm³/mol.